The topological polar surface area (TPSA) is 67.2 Å². The van der Waals surface area contributed by atoms with E-state index in [1.807, 2.05) is 105 Å². The number of nitrogens with zero attached hydrogens (tertiary/aromatic N) is 3. The SMILES string of the molecule is Cc1ccccc1CN1C(=O)c2cc(-c3ccccc3)nn2CC1(C)C(=O)NCc1ccccc1. The van der Waals surface area contributed by atoms with Crippen LogP contribution in [0.25, 0.3) is 11.3 Å². The number of fused-ring (bicyclic) bond motifs is 1. The van der Waals surface area contributed by atoms with Crippen molar-refractivity contribution in [2.45, 2.75) is 39.0 Å². The quantitative estimate of drug-likeness (QED) is 0.454. The molecule has 1 atom stereocenters. The van der Waals surface area contributed by atoms with E-state index in [-0.39, 0.29) is 18.4 Å². The highest BCUT2D eigenvalue weighted by atomic mass is 16.2. The van der Waals surface area contributed by atoms with Crippen LogP contribution in [0.1, 0.15) is 34.1 Å². The van der Waals surface area contributed by atoms with Crippen molar-refractivity contribution >= 4 is 11.8 Å². The van der Waals surface area contributed by atoms with E-state index < -0.39 is 5.54 Å². The van der Waals surface area contributed by atoms with Crippen molar-refractivity contribution in [3.05, 3.63) is 113 Å². The van der Waals surface area contributed by atoms with Gasteiger partial charge in [-0.05, 0) is 36.6 Å². The van der Waals surface area contributed by atoms with E-state index >= 15 is 0 Å². The van der Waals surface area contributed by atoms with Gasteiger partial charge in [0.05, 0.1) is 12.2 Å². The van der Waals surface area contributed by atoms with Crippen molar-refractivity contribution < 1.29 is 9.59 Å². The van der Waals surface area contributed by atoms with Crippen molar-refractivity contribution in [2.24, 2.45) is 0 Å². The van der Waals surface area contributed by atoms with Crippen LogP contribution >= 0.6 is 0 Å². The Labute approximate surface area is 205 Å². The molecule has 0 saturated heterocycles. The fourth-order valence-corrected chi connectivity index (χ4v) is 4.57. The minimum atomic E-state index is -1.11. The monoisotopic (exact) mass is 464 g/mol. The lowest BCUT2D eigenvalue weighted by atomic mass is 9.93. The Morgan fingerprint density at radius 3 is 2.34 bits per heavy atom. The molecule has 2 heterocycles. The van der Waals surface area contributed by atoms with E-state index in [0.717, 1.165) is 27.9 Å². The Bertz CT molecular complexity index is 1360. The van der Waals surface area contributed by atoms with Crippen molar-refractivity contribution in [1.82, 2.24) is 20.0 Å². The molecule has 4 aromatic rings. The number of benzene rings is 3. The summed E-state index contributed by atoms with van der Waals surface area (Å²) in [4.78, 5) is 29.2. The van der Waals surface area contributed by atoms with Gasteiger partial charge in [0.15, 0.2) is 0 Å². The molecule has 5 rings (SSSR count). The maximum absolute atomic E-state index is 13.9. The third-order valence-corrected chi connectivity index (χ3v) is 6.74. The number of rotatable bonds is 6. The van der Waals surface area contributed by atoms with Crippen LogP contribution in [0.2, 0.25) is 0 Å². The number of amides is 2. The maximum Gasteiger partial charge on any atom is 0.273 e. The minimum absolute atomic E-state index is 0.202. The first-order chi connectivity index (χ1) is 17.0. The second-order valence-corrected chi connectivity index (χ2v) is 9.20. The first-order valence-electron chi connectivity index (χ1n) is 11.8. The molecular weight excluding hydrogens is 436 g/mol. The third-order valence-electron chi connectivity index (χ3n) is 6.74. The molecule has 6 heteroatoms. The first kappa shape index (κ1) is 22.6. The molecule has 1 aromatic heterocycles. The standard InChI is InChI=1S/C29H28N4O2/c1-21-11-9-10-16-24(21)19-32-27(34)26-17-25(23-14-7-4-8-15-23)31-33(26)20-29(32,2)28(35)30-18-22-12-5-3-6-13-22/h3-17H,18-20H2,1-2H3,(H,30,35). The molecule has 2 amide bonds. The summed E-state index contributed by atoms with van der Waals surface area (Å²) in [6.07, 6.45) is 0. The lowest BCUT2D eigenvalue weighted by Gasteiger charge is -2.43. The summed E-state index contributed by atoms with van der Waals surface area (Å²) in [5.41, 5.74) is 4.13. The van der Waals surface area contributed by atoms with Gasteiger partial charge in [-0.3, -0.25) is 14.3 Å². The van der Waals surface area contributed by atoms with Gasteiger partial charge in [-0.15, -0.1) is 0 Å². The fraction of sp³-hybridized carbons (Fsp3) is 0.207. The summed E-state index contributed by atoms with van der Waals surface area (Å²) in [6.45, 7) is 4.85. The van der Waals surface area contributed by atoms with Gasteiger partial charge in [-0.2, -0.15) is 5.10 Å². The number of hydrogen-bond acceptors (Lipinski definition) is 3. The van der Waals surface area contributed by atoms with Crippen molar-refractivity contribution in [3.8, 4) is 11.3 Å². The Kier molecular flexibility index (Phi) is 5.95. The van der Waals surface area contributed by atoms with Gasteiger partial charge in [-0.25, -0.2) is 0 Å². The maximum atomic E-state index is 13.9. The van der Waals surface area contributed by atoms with E-state index in [9.17, 15) is 9.59 Å². The molecule has 1 aliphatic heterocycles. The highest BCUT2D eigenvalue weighted by Gasteiger charge is 2.48. The van der Waals surface area contributed by atoms with Gasteiger partial charge in [0.25, 0.3) is 5.91 Å². The second-order valence-electron chi connectivity index (χ2n) is 9.20. The Hall–Kier alpha value is -4.19. The van der Waals surface area contributed by atoms with Gasteiger partial charge >= 0.3 is 0 Å². The summed E-state index contributed by atoms with van der Waals surface area (Å²) < 4.78 is 1.68. The Balaban J connectivity index is 1.51. The molecule has 0 fully saturated rings. The highest BCUT2D eigenvalue weighted by molar-refractivity contribution is 6.00. The van der Waals surface area contributed by atoms with Crippen LogP contribution in [-0.2, 0) is 24.4 Å². The predicted octanol–water partition coefficient (Wildman–Crippen LogP) is 4.59. The van der Waals surface area contributed by atoms with E-state index in [4.69, 9.17) is 5.10 Å². The predicted molar refractivity (Wildman–Crippen MR) is 135 cm³/mol. The van der Waals surface area contributed by atoms with E-state index in [1.54, 1.807) is 9.58 Å². The van der Waals surface area contributed by atoms with Gasteiger partial charge in [0.1, 0.15) is 11.2 Å². The lowest BCUT2D eigenvalue weighted by molar-refractivity contribution is -0.133. The Morgan fingerprint density at radius 1 is 0.971 bits per heavy atom. The fourth-order valence-electron chi connectivity index (χ4n) is 4.57. The van der Waals surface area contributed by atoms with E-state index in [2.05, 4.69) is 5.32 Å². The summed E-state index contributed by atoms with van der Waals surface area (Å²) >= 11 is 0. The smallest absolute Gasteiger partial charge is 0.273 e. The molecule has 0 bridgehead atoms. The zero-order valence-corrected chi connectivity index (χ0v) is 19.9. The molecule has 0 spiro atoms. The summed E-state index contributed by atoms with van der Waals surface area (Å²) in [7, 11) is 0. The minimum Gasteiger partial charge on any atom is -0.350 e. The summed E-state index contributed by atoms with van der Waals surface area (Å²) in [5.74, 6) is -0.405. The number of carbonyl (C=O) groups excluding carboxylic acids is 2. The Morgan fingerprint density at radius 2 is 1.63 bits per heavy atom. The largest absolute Gasteiger partial charge is 0.350 e. The van der Waals surface area contributed by atoms with Gasteiger partial charge < -0.3 is 10.2 Å². The lowest BCUT2D eigenvalue weighted by Crippen LogP contribution is -2.63. The number of nitrogens with one attached hydrogen (secondary N) is 1. The second kappa shape index (κ2) is 9.22. The molecule has 176 valence electrons. The summed E-state index contributed by atoms with van der Waals surface area (Å²) in [5, 5.41) is 7.77. The number of aromatic nitrogens is 2. The third kappa shape index (κ3) is 4.35. The van der Waals surface area contributed by atoms with Crippen LogP contribution in [0.4, 0.5) is 0 Å². The average molecular weight is 465 g/mol. The molecular formula is C29H28N4O2. The zero-order chi connectivity index (χ0) is 24.4. The molecule has 3 aromatic carbocycles. The van der Waals surface area contributed by atoms with Crippen LogP contribution in [-0.4, -0.2) is 32.0 Å². The normalized spacial score (nSPS) is 17.2. The molecule has 6 nitrogen and oxygen atoms in total. The molecule has 1 unspecified atom stereocenters. The molecule has 1 N–H and O–H groups in total. The first-order valence-corrected chi connectivity index (χ1v) is 11.8. The van der Waals surface area contributed by atoms with Crippen LogP contribution in [0.15, 0.2) is 91.0 Å². The van der Waals surface area contributed by atoms with Crippen LogP contribution in [0.3, 0.4) is 0 Å². The van der Waals surface area contributed by atoms with E-state index in [1.165, 1.54) is 0 Å². The summed E-state index contributed by atoms with van der Waals surface area (Å²) in [6, 6.07) is 29.3. The molecule has 0 saturated carbocycles. The molecule has 35 heavy (non-hydrogen) atoms. The number of aryl methyl sites for hydroxylation is 1. The van der Waals surface area contributed by atoms with E-state index in [0.29, 0.717) is 18.8 Å². The molecule has 0 radical (unpaired) electrons. The highest BCUT2D eigenvalue weighted by Crippen LogP contribution is 2.32. The average Bonchev–Trinajstić information content (AvgIpc) is 3.31. The van der Waals surface area contributed by atoms with Gasteiger partial charge in [0, 0.05) is 18.7 Å². The van der Waals surface area contributed by atoms with Crippen LogP contribution < -0.4 is 5.32 Å². The van der Waals surface area contributed by atoms with Crippen molar-refractivity contribution in [1.29, 1.82) is 0 Å². The van der Waals surface area contributed by atoms with Crippen LogP contribution in [0.5, 0.6) is 0 Å². The molecule has 0 aliphatic carbocycles. The zero-order valence-electron chi connectivity index (χ0n) is 19.9. The van der Waals surface area contributed by atoms with Gasteiger partial charge in [0.2, 0.25) is 5.91 Å². The number of carbonyl (C=O) groups is 2. The van der Waals surface area contributed by atoms with Gasteiger partial charge in [-0.1, -0.05) is 84.9 Å². The van der Waals surface area contributed by atoms with Crippen molar-refractivity contribution in [3.63, 3.8) is 0 Å². The molecule has 1 aliphatic rings. The van der Waals surface area contributed by atoms with Crippen molar-refractivity contribution in [2.75, 3.05) is 0 Å². The van der Waals surface area contributed by atoms with Crippen LogP contribution in [0, 0.1) is 6.92 Å². The number of hydrogen-bond donors (Lipinski definition) is 1.